The molecule has 0 radical (unpaired) electrons. The maximum atomic E-state index is 12.5. The molecule has 0 spiro atoms. The molecule has 1 amide bonds. The fourth-order valence-electron chi connectivity index (χ4n) is 2.94. The zero-order valence-electron chi connectivity index (χ0n) is 13.2. The van der Waals surface area contributed by atoms with E-state index in [1.165, 1.54) is 12.3 Å². The van der Waals surface area contributed by atoms with Crippen molar-refractivity contribution in [2.75, 3.05) is 26.7 Å². The molecular weight excluding hydrogens is 266 g/mol. The van der Waals surface area contributed by atoms with Crippen LogP contribution in [0.3, 0.4) is 0 Å². The van der Waals surface area contributed by atoms with E-state index in [2.05, 4.69) is 16.8 Å². The Morgan fingerprint density at radius 1 is 1.43 bits per heavy atom. The lowest BCUT2D eigenvalue weighted by Crippen LogP contribution is -2.46. The van der Waals surface area contributed by atoms with Crippen molar-refractivity contribution in [2.45, 2.75) is 39.2 Å². The summed E-state index contributed by atoms with van der Waals surface area (Å²) in [7, 11) is 1.81. The molecule has 0 saturated carbocycles. The van der Waals surface area contributed by atoms with Gasteiger partial charge >= 0.3 is 0 Å². The maximum absolute atomic E-state index is 12.5. The minimum absolute atomic E-state index is 0.176. The molecule has 1 aromatic heterocycles. The third-order valence-electron chi connectivity index (χ3n) is 4.25. The van der Waals surface area contributed by atoms with E-state index < -0.39 is 0 Å². The lowest BCUT2D eigenvalue weighted by molar-refractivity contribution is 0.0641. The van der Waals surface area contributed by atoms with Crippen LogP contribution >= 0.6 is 0 Å². The van der Waals surface area contributed by atoms with Gasteiger partial charge in [-0.05, 0) is 32.7 Å². The zero-order chi connectivity index (χ0) is 15.4. The van der Waals surface area contributed by atoms with E-state index in [9.17, 15) is 9.59 Å². The fraction of sp³-hybridized carbons (Fsp3) is 0.625. The highest BCUT2D eigenvalue weighted by molar-refractivity contribution is 5.93. The molecule has 5 nitrogen and oxygen atoms in total. The van der Waals surface area contributed by atoms with Gasteiger partial charge in [0.05, 0.1) is 0 Å². The summed E-state index contributed by atoms with van der Waals surface area (Å²) in [6.07, 6.45) is 4.65. The number of carbonyl (C=O) groups is 1. The highest BCUT2D eigenvalue weighted by atomic mass is 16.2. The number of nitrogens with zero attached hydrogens (tertiary/aromatic N) is 2. The maximum Gasteiger partial charge on any atom is 0.259 e. The van der Waals surface area contributed by atoms with Crippen LogP contribution < -0.4 is 5.43 Å². The number of pyridine rings is 1. The molecule has 0 bridgehead atoms. The van der Waals surface area contributed by atoms with Crippen molar-refractivity contribution in [2.24, 2.45) is 0 Å². The summed E-state index contributed by atoms with van der Waals surface area (Å²) in [5.74, 6) is -0.176. The van der Waals surface area contributed by atoms with Crippen molar-refractivity contribution >= 4 is 5.91 Å². The van der Waals surface area contributed by atoms with Crippen molar-refractivity contribution in [1.82, 2.24) is 14.8 Å². The number of piperidine rings is 1. The Morgan fingerprint density at radius 2 is 2.10 bits per heavy atom. The summed E-state index contributed by atoms with van der Waals surface area (Å²) >= 11 is 0. The number of hydrogen-bond donors (Lipinski definition) is 1. The third-order valence-corrected chi connectivity index (χ3v) is 4.25. The van der Waals surface area contributed by atoms with Crippen LogP contribution in [0, 0.1) is 6.92 Å². The Balaban J connectivity index is 2.01. The molecule has 21 heavy (non-hydrogen) atoms. The van der Waals surface area contributed by atoms with Gasteiger partial charge in [0.25, 0.3) is 5.91 Å². The number of H-pyrrole nitrogens is 1. The van der Waals surface area contributed by atoms with Gasteiger partial charge in [-0.2, -0.15) is 0 Å². The number of aromatic nitrogens is 1. The van der Waals surface area contributed by atoms with Crippen LogP contribution in [0.5, 0.6) is 0 Å². The molecular formula is C16H25N3O2. The summed E-state index contributed by atoms with van der Waals surface area (Å²) in [5.41, 5.74) is 0.803. The van der Waals surface area contributed by atoms with Crippen molar-refractivity contribution in [3.63, 3.8) is 0 Å². The van der Waals surface area contributed by atoms with Crippen molar-refractivity contribution < 1.29 is 4.79 Å². The van der Waals surface area contributed by atoms with Crippen LogP contribution in [0.1, 0.15) is 42.2 Å². The number of amides is 1. The first kappa shape index (κ1) is 15.8. The Morgan fingerprint density at radius 3 is 2.67 bits per heavy atom. The Labute approximate surface area is 126 Å². The number of likely N-dealkylation sites (tertiary alicyclic amines) is 1. The van der Waals surface area contributed by atoms with Crippen LogP contribution in [0.4, 0.5) is 0 Å². The molecule has 1 aliphatic heterocycles. The first-order valence-electron chi connectivity index (χ1n) is 7.71. The smallest absolute Gasteiger partial charge is 0.259 e. The van der Waals surface area contributed by atoms with E-state index in [0.29, 0.717) is 0 Å². The standard InChI is InChI=1S/C16H25N3O2/c1-4-7-19-8-5-13(6-9-19)18(3)16(21)14-11-17-12(2)10-15(14)20/h10-11,13H,4-9H2,1-3H3,(H,17,20). The molecule has 1 aromatic rings. The number of rotatable bonds is 4. The molecule has 0 aromatic carbocycles. The van der Waals surface area contributed by atoms with Crippen molar-refractivity contribution in [1.29, 1.82) is 0 Å². The van der Waals surface area contributed by atoms with Crippen LogP contribution in [0.2, 0.25) is 0 Å². The second-order valence-corrected chi connectivity index (χ2v) is 5.88. The lowest BCUT2D eigenvalue weighted by Gasteiger charge is -2.36. The molecule has 0 atom stereocenters. The monoisotopic (exact) mass is 291 g/mol. The molecule has 5 heteroatoms. The van der Waals surface area contributed by atoms with Crippen LogP contribution in [0.25, 0.3) is 0 Å². The highest BCUT2D eigenvalue weighted by Gasteiger charge is 2.26. The van der Waals surface area contributed by atoms with Crippen molar-refractivity contribution in [3.8, 4) is 0 Å². The number of aromatic amines is 1. The van der Waals surface area contributed by atoms with E-state index in [1.807, 2.05) is 14.0 Å². The molecule has 2 heterocycles. The average Bonchev–Trinajstić information content (AvgIpc) is 2.47. The average molecular weight is 291 g/mol. The SMILES string of the molecule is CCCN1CCC(N(C)C(=O)c2c[nH]c(C)cc2=O)CC1. The summed E-state index contributed by atoms with van der Waals surface area (Å²) in [5, 5.41) is 0. The minimum atomic E-state index is -0.202. The molecule has 0 unspecified atom stereocenters. The quantitative estimate of drug-likeness (QED) is 0.917. The summed E-state index contributed by atoms with van der Waals surface area (Å²) in [6, 6.07) is 1.71. The van der Waals surface area contributed by atoms with Gasteiger partial charge in [-0.1, -0.05) is 6.92 Å². The second kappa shape index (κ2) is 6.89. The molecule has 1 saturated heterocycles. The molecule has 0 aliphatic carbocycles. The van der Waals surface area contributed by atoms with Gasteiger partial charge in [-0.3, -0.25) is 9.59 Å². The number of carbonyl (C=O) groups excluding carboxylic acids is 1. The number of hydrogen-bond acceptors (Lipinski definition) is 3. The summed E-state index contributed by atoms with van der Waals surface area (Å²) in [6.45, 7) is 7.18. The Hall–Kier alpha value is -1.62. The van der Waals surface area contributed by atoms with Gasteiger partial charge in [0, 0.05) is 44.1 Å². The Kier molecular flexibility index (Phi) is 5.17. The van der Waals surface area contributed by atoms with E-state index in [1.54, 1.807) is 4.90 Å². The largest absolute Gasteiger partial charge is 0.364 e. The number of aryl methyl sites for hydroxylation is 1. The first-order chi connectivity index (χ1) is 10.0. The van der Waals surface area contributed by atoms with Gasteiger partial charge in [0.15, 0.2) is 5.43 Å². The second-order valence-electron chi connectivity index (χ2n) is 5.88. The molecule has 116 valence electrons. The highest BCUT2D eigenvalue weighted by Crippen LogP contribution is 2.17. The molecule has 1 fully saturated rings. The van der Waals surface area contributed by atoms with Crippen molar-refractivity contribution in [3.05, 3.63) is 33.7 Å². The summed E-state index contributed by atoms with van der Waals surface area (Å²) in [4.78, 5) is 31.5. The topological polar surface area (TPSA) is 56.4 Å². The molecule has 1 N–H and O–H groups in total. The van der Waals surface area contributed by atoms with Gasteiger partial charge in [0.2, 0.25) is 0 Å². The zero-order valence-corrected chi connectivity index (χ0v) is 13.2. The van der Waals surface area contributed by atoms with E-state index in [-0.39, 0.29) is 22.9 Å². The molecule has 1 aliphatic rings. The predicted octanol–water partition coefficient (Wildman–Crippen LogP) is 1.63. The van der Waals surface area contributed by atoms with Gasteiger partial charge in [0.1, 0.15) is 5.56 Å². The van der Waals surface area contributed by atoms with E-state index >= 15 is 0 Å². The normalized spacial score (nSPS) is 16.9. The third kappa shape index (κ3) is 3.73. The van der Waals surface area contributed by atoms with Gasteiger partial charge in [-0.25, -0.2) is 0 Å². The van der Waals surface area contributed by atoms with E-state index in [4.69, 9.17) is 0 Å². The first-order valence-corrected chi connectivity index (χ1v) is 7.71. The van der Waals surface area contributed by atoms with Crippen LogP contribution in [-0.4, -0.2) is 53.4 Å². The number of nitrogens with one attached hydrogen (secondary N) is 1. The minimum Gasteiger partial charge on any atom is -0.364 e. The van der Waals surface area contributed by atoms with E-state index in [0.717, 1.165) is 44.6 Å². The summed E-state index contributed by atoms with van der Waals surface area (Å²) < 4.78 is 0. The Bertz CT molecular complexity index is 545. The molecule has 2 rings (SSSR count). The fourth-order valence-corrected chi connectivity index (χ4v) is 2.94. The lowest BCUT2D eigenvalue weighted by atomic mass is 10.0. The predicted molar refractivity (Wildman–Crippen MR) is 83.6 cm³/mol. The van der Waals surface area contributed by atoms with Gasteiger partial charge in [-0.15, -0.1) is 0 Å². The van der Waals surface area contributed by atoms with Crippen LogP contribution in [-0.2, 0) is 0 Å². The van der Waals surface area contributed by atoms with Gasteiger partial charge < -0.3 is 14.8 Å². The van der Waals surface area contributed by atoms with Crippen LogP contribution in [0.15, 0.2) is 17.1 Å².